The fourth-order valence-electron chi connectivity index (χ4n) is 3.63. The predicted molar refractivity (Wildman–Crippen MR) is 123 cm³/mol. The van der Waals surface area contributed by atoms with E-state index in [-0.39, 0.29) is 17.9 Å². The van der Waals surface area contributed by atoms with Gasteiger partial charge in [0.05, 0.1) is 12.2 Å². The van der Waals surface area contributed by atoms with Crippen LogP contribution >= 0.6 is 11.8 Å². The summed E-state index contributed by atoms with van der Waals surface area (Å²) in [7, 11) is 0. The number of thioether (sulfide) groups is 1. The number of aryl methyl sites for hydroxylation is 1. The zero-order chi connectivity index (χ0) is 21.8. The molecule has 0 spiro atoms. The smallest absolute Gasteiger partial charge is 0.257 e. The highest BCUT2D eigenvalue weighted by Gasteiger charge is 2.32. The normalized spacial score (nSPS) is 15.3. The molecule has 6 nitrogen and oxygen atoms in total. The molecule has 3 aromatic rings. The fourth-order valence-corrected chi connectivity index (χ4v) is 4.45. The van der Waals surface area contributed by atoms with Gasteiger partial charge in [-0.05, 0) is 25.0 Å². The number of carbonyl (C=O) groups excluding carboxylic acids is 1. The summed E-state index contributed by atoms with van der Waals surface area (Å²) in [6.07, 6.45) is 1.06. The van der Waals surface area contributed by atoms with E-state index in [9.17, 15) is 9.59 Å². The third-order valence-corrected chi connectivity index (χ3v) is 6.13. The molecule has 7 heteroatoms. The van der Waals surface area contributed by atoms with Crippen LogP contribution in [0.3, 0.4) is 0 Å². The predicted octanol–water partition coefficient (Wildman–Crippen LogP) is 4.63. The maximum Gasteiger partial charge on any atom is 0.257 e. The number of H-pyrrole nitrogens is 1. The molecule has 4 rings (SSSR count). The number of aromatic amines is 1. The highest BCUT2D eigenvalue weighted by molar-refractivity contribution is 7.98. The van der Waals surface area contributed by atoms with Crippen molar-refractivity contribution in [3.8, 4) is 5.75 Å². The second-order valence-electron chi connectivity index (χ2n) is 7.60. The molecule has 1 aliphatic heterocycles. The molecule has 0 aliphatic carbocycles. The number of anilines is 1. The van der Waals surface area contributed by atoms with Crippen LogP contribution in [0.5, 0.6) is 5.75 Å². The number of hydrogen-bond acceptors (Lipinski definition) is 5. The lowest BCUT2D eigenvalue weighted by Crippen LogP contribution is -2.31. The molecule has 0 saturated carbocycles. The standard InChI is InChI=1S/C24H25N3O3S/c1-3-12-30-19-7-5-4-6-17(19)18-13-20(28)25-22-21(18)23(29)27-24(26-22)31-14-16-10-8-15(2)9-11-16/h4-11,18H,3,12-14H2,1-2H3,(H2,25,26,27,28,29). The first kappa shape index (κ1) is 21.2. The Morgan fingerprint density at radius 3 is 2.68 bits per heavy atom. The average molecular weight is 436 g/mol. The summed E-state index contributed by atoms with van der Waals surface area (Å²) in [4.78, 5) is 33.0. The van der Waals surface area contributed by atoms with Crippen molar-refractivity contribution in [3.63, 3.8) is 0 Å². The van der Waals surface area contributed by atoms with Crippen LogP contribution in [-0.4, -0.2) is 22.5 Å². The highest BCUT2D eigenvalue weighted by Crippen LogP contribution is 2.38. The summed E-state index contributed by atoms with van der Waals surface area (Å²) in [5, 5.41) is 3.27. The van der Waals surface area contributed by atoms with Gasteiger partial charge in [0.15, 0.2) is 5.16 Å². The van der Waals surface area contributed by atoms with Crippen LogP contribution in [-0.2, 0) is 10.5 Å². The number of carbonyl (C=O) groups is 1. The molecule has 2 N–H and O–H groups in total. The quantitative estimate of drug-likeness (QED) is 0.417. The lowest BCUT2D eigenvalue weighted by atomic mass is 9.86. The second kappa shape index (κ2) is 9.39. The van der Waals surface area contributed by atoms with Crippen molar-refractivity contribution in [2.75, 3.05) is 11.9 Å². The third kappa shape index (κ3) is 4.82. The molecule has 0 fully saturated rings. The summed E-state index contributed by atoms with van der Waals surface area (Å²) in [5.41, 5.74) is 3.42. The van der Waals surface area contributed by atoms with Crippen LogP contribution in [0.15, 0.2) is 58.5 Å². The molecule has 160 valence electrons. The molecule has 0 radical (unpaired) electrons. The number of amides is 1. The Labute approximate surface area is 185 Å². The molecular formula is C24H25N3O3S. The number of fused-ring (bicyclic) bond motifs is 1. The Balaban J connectivity index is 1.65. The monoisotopic (exact) mass is 435 g/mol. The molecule has 1 atom stereocenters. The number of ether oxygens (including phenoxy) is 1. The Hall–Kier alpha value is -3.06. The highest BCUT2D eigenvalue weighted by atomic mass is 32.2. The van der Waals surface area contributed by atoms with Gasteiger partial charge < -0.3 is 15.0 Å². The Morgan fingerprint density at radius 2 is 1.90 bits per heavy atom. The van der Waals surface area contributed by atoms with Crippen LogP contribution < -0.4 is 15.6 Å². The van der Waals surface area contributed by atoms with Crippen molar-refractivity contribution in [1.29, 1.82) is 0 Å². The number of hydrogen-bond donors (Lipinski definition) is 2. The minimum absolute atomic E-state index is 0.157. The van der Waals surface area contributed by atoms with Crippen LogP contribution in [0.1, 0.15) is 47.9 Å². The first-order valence-electron chi connectivity index (χ1n) is 10.4. The van der Waals surface area contributed by atoms with Crippen molar-refractivity contribution in [2.24, 2.45) is 0 Å². The number of para-hydroxylation sites is 1. The molecule has 31 heavy (non-hydrogen) atoms. The summed E-state index contributed by atoms with van der Waals surface area (Å²) >= 11 is 1.44. The van der Waals surface area contributed by atoms with Crippen LogP contribution in [0, 0.1) is 6.92 Å². The summed E-state index contributed by atoms with van der Waals surface area (Å²) in [5.74, 6) is 1.15. The van der Waals surface area contributed by atoms with Gasteiger partial charge in [0.25, 0.3) is 5.56 Å². The van der Waals surface area contributed by atoms with E-state index in [2.05, 4.69) is 39.6 Å². The van der Waals surface area contributed by atoms with E-state index < -0.39 is 5.92 Å². The maximum absolute atomic E-state index is 13.1. The van der Waals surface area contributed by atoms with Gasteiger partial charge >= 0.3 is 0 Å². The Morgan fingerprint density at radius 1 is 1.13 bits per heavy atom. The van der Waals surface area contributed by atoms with Crippen molar-refractivity contribution in [3.05, 3.63) is 81.1 Å². The van der Waals surface area contributed by atoms with Gasteiger partial charge in [-0.25, -0.2) is 4.98 Å². The molecule has 0 saturated heterocycles. The van der Waals surface area contributed by atoms with Gasteiger partial charge in [0, 0.05) is 23.7 Å². The maximum atomic E-state index is 13.1. The zero-order valence-corrected chi connectivity index (χ0v) is 18.4. The van der Waals surface area contributed by atoms with Gasteiger partial charge in [0.1, 0.15) is 11.6 Å². The SMILES string of the molecule is CCCOc1ccccc1C1CC(=O)Nc2nc(SCc3ccc(C)cc3)[nH]c(=O)c21. The van der Waals surface area contributed by atoms with Crippen LogP contribution in [0.2, 0.25) is 0 Å². The first-order chi connectivity index (χ1) is 15.0. The minimum atomic E-state index is -0.399. The van der Waals surface area contributed by atoms with E-state index in [1.807, 2.05) is 38.1 Å². The van der Waals surface area contributed by atoms with Gasteiger partial charge in [-0.3, -0.25) is 9.59 Å². The second-order valence-corrected chi connectivity index (χ2v) is 8.56. The average Bonchev–Trinajstić information content (AvgIpc) is 2.76. The molecule has 2 aromatic carbocycles. The number of rotatable bonds is 7. The number of aromatic nitrogens is 2. The van der Waals surface area contributed by atoms with E-state index in [4.69, 9.17) is 4.74 Å². The van der Waals surface area contributed by atoms with Gasteiger partial charge in [-0.1, -0.05) is 66.7 Å². The molecule has 2 heterocycles. The molecule has 1 amide bonds. The van der Waals surface area contributed by atoms with E-state index >= 15 is 0 Å². The number of nitrogens with one attached hydrogen (secondary N) is 2. The van der Waals surface area contributed by atoms with Gasteiger partial charge in [-0.2, -0.15) is 0 Å². The molecule has 0 bridgehead atoms. The minimum Gasteiger partial charge on any atom is -0.493 e. The number of benzene rings is 2. The lowest BCUT2D eigenvalue weighted by molar-refractivity contribution is -0.116. The van der Waals surface area contributed by atoms with E-state index in [1.165, 1.54) is 17.3 Å². The largest absolute Gasteiger partial charge is 0.493 e. The van der Waals surface area contributed by atoms with Crippen LogP contribution in [0.25, 0.3) is 0 Å². The Kier molecular flexibility index (Phi) is 6.42. The van der Waals surface area contributed by atoms with Crippen molar-refractivity contribution in [2.45, 2.75) is 43.5 Å². The number of nitrogens with zero attached hydrogens (tertiary/aromatic N) is 1. The van der Waals surface area contributed by atoms with Crippen molar-refractivity contribution >= 4 is 23.5 Å². The molecule has 1 aliphatic rings. The van der Waals surface area contributed by atoms with Crippen molar-refractivity contribution < 1.29 is 9.53 Å². The fraction of sp³-hybridized carbons (Fsp3) is 0.292. The zero-order valence-electron chi connectivity index (χ0n) is 17.6. The molecule has 1 unspecified atom stereocenters. The summed E-state index contributed by atoms with van der Waals surface area (Å²) < 4.78 is 5.88. The summed E-state index contributed by atoms with van der Waals surface area (Å²) in [6, 6.07) is 15.8. The van der Waals surface area contributed by atoms with E-state index in [1.54, 1.807) is 0 Å². The third-order valence-electron chi connectivity index (χ3n) is 5.18. The van der Waals surface area contributed by atoms with Crippen LogP contribution in [0.4, 0.5) is 5.82 Å². The van der Waals surface area contributed by atoms with E-state index in [0.29, 0.717) is 34.6 Å². The van der Waals surface area contributed by atoms with Gasteiger partial charge in [-0.15, -0.1) is 0 Å². The van der Waals surface area contributed by atoms with Gasteiger partial charge in [0.2, 0.25) is 5.91 Å². The first-order valence-corrected chi connectivity index (χ1v) is 11.4. The van der Waals surface area contributed by atoms with E-state index in [0.717, 1.165) is 17.5 Å². The van der Waals surface area contributed by atoms with Crippen molar-refractivity contribution in [1.82, 2.24) is 9.97 Å². The topological polar surface area (TPSA) is 84.1 Å². The summed E-state index contributed by atoms with van der Waals surface area (Å²) in [6.45, 7) is 4.66. The molecule has 1 aromatic heterocycles. The lowest BCUT2D eigenvalue weighted by Gasteiger charge is -2.26. The molecular weight excluding hydrogens is 410 g/mol. The Bertz CT molecular complexity index is 1140.